The molecular weight excluding hydrogens is 316 g/mol. The Labute approximate surface area is 164 Å². The van der Waals surface area contributed by atoms with Crippen LogP contribution < -0.4 is 0 Å². The highest BCUT2D eigenvalue weighted by molar-refractivity contribution is 5.89. The highest BCUT2D eigenvalue weighted by atomic mass is 16.1. The lowest BCUT2D eigenvalue weighted by Gasteiger charge is -2.07. The highest BCUT2D eigenvalue weighted by Crippen LogP contribution is 2.14. The summed E-state index contributed by atoms with van der Waals surface area (Å²) < 4.78 is 0. The quantitative estimate of drug-likeness (QED) is 0.153. The van der Waals surface area contributed by atoms with E-state index in [0.717, 1.165) is 44.4 Å². The molecule has 1 heteroatoms. The third kappa shape index (κ3) is 17.7. The van der Waals surface area contributed by atoms with Crippen molar-refractivity contribution in [2.24, 2.45) is 5.92 Å². The molecule has 0 aliphatic rings. The molecule has 0 aromatic rings. The van der Waals surface area contributed by atoms with Crippen molar-refractivity contribution >= 4 is 5.78 Å². The summed E-state index contributed by atoms with van der Waals surface area (Å²) in [7, 11) is 0. The summed E-state index contributed by atoms with van der Waals surface area (Å²) in [5.74, 6) is 1.17. The zero-order valence-corrected chi connectivity index (χ0v) is 18.3. The van der Waals surface area contributed by atoms with E-state index in [-0.39, 0.29) is 0 Å². The van der Waals surface area contributed by atoms with Crippen molar-refractivity contribution in [3.05, 3.63) is 35.5 Å². The third-order valence-electron chi connectivity index (χ3n) is 5.04. The Morgan fingerprint density at radius 2 is 1.54 bits per heavy atom. The maximum Gasteiger partial charge on any atom is 0.155 e. The van der Waals surface area contributed by atoms with Crippen LogP contribution in [0.2, 0.25) is 0 Å². The lowest BCUT2D eigenvalue weighted by molar-refractivity contribution is -0.114. The van der Waals surface area contributed by atoms with E-state index in [2.05, 4.69) is 46.8 Å². The Hall–Kier alpha value is -1.11. The van der Waals surface area contributed by atoms with Gasteiger partial charge in [0.15, 0.2) is 5.78 Å². The average molecular weight is 361 g/mol. The normalized spacial score (nSPS) is 13.2. The van der Waals surface area contributed by atoms with E-state index >= 15 is 0 Å². The smallest absolute Gasteiger partial charge is 0.155 e. The molecule has 0 saturated carbocycles. The van der Waals surface area contributed by atoms with E-state index in [1.807, 2.05) is 6.08 Å². The first-order valence-corrected chi connectivity index (χ1v) is 10.9. The van der Waals surface area contributed by atoms with E-state index < -0.39 is 0 Å². The Morgan fingerprint density at radius 1 is 0.846 bits per heavy atom. The first-order chi connectivity index (χ1) is 12.5. The molecule has 150 valence electrons. The average Bonchev–Trinajstić information content (AvgIpc) is 2.59. The molecule has 0 rings (SSSR count). The summed E-state index contributed by atoms with van der Waals surface area (Å²) in [5.41, 5.74) is 2.85. The van der Waals surface area contributed by atoms with Gasteiger partial charge >= 0.3 is 0 Å². The van der Waals surface area contributed by atoms with Crippen LogP contribution in [0.4, 0.5) is 0 Å². The second-order valence-corrected chi connectivity index (χ2v) is 8.14. The minimum atomic E-state index is 0.300. The standard InChI is InChI=1S/C25H44O/c1-6-23(4)17-11-8-7-9-13-20-25(26)21-14-10-12-18-24(5)19-15-16-22(2)3/h14,16,18,21,23H,6-13,15,17,19-20H2,1-5H3. The van der Waals surface area contributed by atoms with Crippen molar-refractivity contribution in [2.45, 2.75) is 112 Å². The first kappa shape index (κ1) is 24.9. The van der Waals surface area contributed by atoms with Gasteiger partial charge in [0.1, 0.15) is 0 Å². The maximum absolute atomic E-state index is 11.9. The monoisotopic (exact) mass is 360 g/mol. The van der Waals surface area contributed by atoms with Crippen LogP contribution in [-0.4, -0.2) is 5.78 Å². The van der Waals surface area contributed by atoms with E-state index in [1.165, 1.54) is 49.7 Å². The number of carbonyl (C=O) groups excluding carboxylic acids is 1. The van der Waals surface area contributed by atoms with Crippen LogP contribution in [0.5, 0.6) is 0 Å². The summed E-state index contributed by atoms with van der Waals surface area (Å²) in [6, 6.07) is 0. The largest absolute Gasteiger partial charge is 0.295 e. The predicted octanol–water partition coefficient (Wildman–Crippen LogP) is 8.36. The topological polar surface area (TPSA) is 17.1 Å². The molecule has 0 aliphatic heterocycles. The van der Waals surface area contributed by atoms with Crippen molar-refractivity contribution in [2.75, 3.05) is 0 Å². The Bertz CT molecular complexity index is 435. The summed E-state index contributed by atoms with van der Waals surface area (Å²) in [4.78, 5) is 11.9. The van der Waals surface area contributed by atoms with Gasteiger partial charge in [-0.05, 0) is 64.9 Å². The molecule has 26 heavy (non-hydrogen) atoms. The van der Waals surface area contributed by atoms with Crippen LogP contribution in [0.15, 0.2) is 35.5 Å². The van der Waals surface area contributed by atoms with Gasteiger partial charge in [-0.2, -0.15) is 0 Å². The van der Waals surface area contributed by atoms with Crippen molar-refractivity contribution in [1.82, 2.24) is 0 Å². The fourth-order valence-corrected chi connectivity index (χ4v) is 2.94. The minimum absolute atomic E-state index is 0.300. The summed E-state index contributed by atoms with van der Waals surface area (Å²) >= 11 is 0. The number of carbonyl (C=O) groups is 1. The summed E-state index contributed by atoms with van der Waals surface area (Å²) in [6.07, 6.45) is 22.3. The van der Waals surface area contributed by atoms with Crippen LogP contribution in [0.1, 0.15) is 112 Å². The van der Waals surface area contributed by atoms with Gasteiger partial charge in [0.05, 0.1) is 0 Å². The molecule has 0 radical (unpaired) electrons. The van der Waals surface area contributed by atoms with Crippen molar-refractivity contribution in [3.63, 3.8) is 0 Å². The van der Waals surface area contributed by atoms with Gasteiger partial charge < -0.3 is 0 Å². The maximum atomic E-state index is 11.9. The van der Waals surface area contributed by atoms with E-state index in [9.17, 15) is 4.79 Å². The van der Waals surface area contributed by atoms with E-state index in [1.54, 1.807) is 6.08 Å². The lowest BCUT2D eigenvalue weighted by atomic mass is 9.99. The molecule has 0 amide bonds. The van der Waals surface area contributed by atoms with Gasteiger partial charge in [-0.1, -0.05) is 81.7 Å². The fraction of sp³-hybridized carbons (Fsp3) is 0.720. The molecule has 1 nitrogen and oxygen atoms in total. The Morgan fingerprint density at radius 3 is 2.23 bits per heavy atom. The molecule has 0 bridgehead atoms. The number of unbranched alkanes of at least 4 members (excludes halogenated alkanes) is 5. The molecule has 1 atom stereocenters. The van der Waals surface area contributed by atoms with Crippen molar-refractivity contribution in [3.8, 4) is 0 Å². The molecule has 0 aromatic carbocycles. The molecule has 0 saturated heterocycles. The van der Waals surface area contributed by atoms with Crippen LogP contribution >= 0.6 is 0 Å². The molecular formula is C25H44O. The van der Waals surface area contributed by atoms with Crippen LogP contribution in [0, 0.1) is 5.92 Å². The number of ketones is 1. The molecule has 0 fully saturated rings. The molecule has 0 N–H and O–H groups in total. The van der Waals surface area contributed by atoms with Crippen LogP contribution in [-0.2, 0) is 4.79 Å². The second kappa shape index (κ2) is 17.3. The molecule has 1 unspecified atom stereocenters. The predicted molar refractivity (Wildman–Crippen MR) is 118 cm³/mol. The number of allylic oxidation sites excluding steroid dienone is 6. The Kier molecular flexibility index (Phi) is 16.6. The fourth-order valence-electron chi connectivity index (χ4n) is 2.94. The van der Waals surface area contributed by atoms with Gasteiger partial charge in [0.2, 0.25) is 0 Å². The SMILES string of the molecule is CCC(C)CCCCCCCC(=O)C=CCCC=C(C)CCC=C(C)C. The third-order valence-corrected chi connectivity index (χ3v) is 5.04. The lowest BCUT2D eigenvalue weighted by Crippen LogP contribution is -1.93. The van der Waals surface area contributed by atoms with Crippen LogP contribution in [0.25, 0.3) is 0 Å². The van der Waals surface area contributed by atoms with Gasteiger partial charge in [-0.25, -0.2) is 0 Å². The van der Waals surface area contributed by atoms with Gasteiger partial charge in [0.25, 0.3) is 0 Å². The minimum Gasteiger partial charge on any atom is -0.295 e. The Balaban J connectivity index is 3.61. The number of hydrogen-bond acceptors (Lipinski definition) is 1. The summed E-state index contributed by atoms with van der Waals surface area (Å²) in [5, 5.41) is 0. The summed E-state index contributed by atoms with van der Waals surface area (Å²) in [6.45, 7) is 11.1. The molecule has 0 spiro atoms. The highest BCUT2D eigenvalue weighted by Gasteiger charge is 1.99. The van der Waals surface area contributed by atoms with E-state index in [0.29, 0.717) is 5.78 Å². The van der Waals surface area contributed by atoms with Gasteiger partial charge in [0, 0.05) is 6.42 Å². The van der Waals surface area contributed by atoms with Gasteiger partial charge in [-0.3, -0.25) is 4.79 Å². The van der Waals surface area contributed by atoms with Crippen LogP contribution in [0.3, 0.4) is 0 Å². The zero-order valence-electron chi connectivity index (χ0n) is 18.3. The van der Waals surface area contributed by atoms with Gasteiger partial charge in [-0.15, -0.1) is 0 Å². The second-order valence-electron chi connectivity index (χ2n) is 8.14. The molecule has 0 aromatic heterocycles. The number of hydrogen-bond donors (Lipinski definition) is 0. The molecule has 0 aliphatic carbocycles. The zero-order chi connectivity index (χ0) is 19.6. The molecule has 0 heterocycles. The number of rotatable bonds is 16. The first-order valence-electron chi connectivity index (χ1n) is 10.9. The van der Waals surface area contributed by atoms with E-state index in [4.69, 9.17) is 0 Å². The van der Waals surface area contributed by atoms with Crippen molar-refractivity contribution < 1.29 is 4.79 Å². The van der Waals surface area contributed by atoms with Crippen molar-refractivity contribution in [1.29, 1.82) is 0 Å².